The van der Waals surface area contributed by atoms with Gasteiger partial charge in [0.2, 0.25) is 0 Å². The molecule has 1 saturated heterocycles. The lowest BCUT2D eigenvalue weighted by atomic mass is 9.71. The lowest BCUT2D eigenvalue weighted by molar-refractivity contribution is 0.274. The summed E-state index contributed by atoms with van der Waals surface area (Å²) in [5.41, 5.74) is 2.17. The zero-order valence-electron chi connectivity index (χ0n) is 10.6. The molecule has 1 fully saturated rings. The van der Waals surface area contributed by atoms with Crippen molar-refractivity contribution in [1.82, 2.24) is 5.32 Å². The van der Waals surface area contributed by atoms with E-state index in [1.54, 1.807) is 24.3 Å². The molecule has 0 spiro atoms. The fraction of sp³-hybridized carbons (Fsp3) is 0.250. The van der Waals surface area contributed by atoms with E-state index in [9.17, 15) is 9.50 Å². The molecule has 19 heavy (non-hydrogen) atoms. The van der Waals surface area contributed by atoms with E-state index >= 15 is 0 Å². The third kappa shape index (κ3) is 2.34. The Morgan fingerprint density at radius 1 is 1.11 bits per heavy atom. The summed E-state index contributed by atoms with van der Waals surface area (Å²) >= 11 is 0. The van der Waals surface area contributed by atoms with Crippen LogP contribution in [0.15, 0.2) is 48.5 Å². The van der Waals surface area contributed by atoms with Crippen LogP contribution in [0.5, 0.6) is 5.75 Å². The van der Waals surface area contributed by atoms with E-state index in [4.69, 9.17) is 0 Å². The molecule has 1 aliphatic heterocycles. The summed E-state index contributed by atoms with van der Waals surface area (Å²) < 4.78 is 13.4. The number of hydrogen-bond acceptors (Lipinski definition) is 2. The Balaban J connectivity index is 1.89. The maximum absolute atomic E-state index is 13.4. The molecule has 3 rings (SSSR count). The van der Waals surface area contributed by atoms with Crippen LogP contribution >= 0.6 is 0 Å². The molecule has 2 nitrogen and oxygen atoms in total. The van der Waals surface area contributed by atoms with Crippen molar-refractivity contribution in [3.05, 3.63) is 65.5 Å². The Morgan fingerprint density at radius 2 is 1.84 bits per heavy atom. The summed E-state index contributed by atoms with van der Waals surface area (Å²) in [5, 5.41) is 12.6. The van der Waals surface area contributed by atoms with Crippen LogP contribution in [0, 0.1) is 5.82 Å². The molecule has 0 bridgehead atoms. The number of phenolic OH excluding ortho intramolecular Hbond substituents is 1. The Hall–Kier alpha value is -1.87. The Morgan fingerprint density at radius 3 is 2.42 bits per heavy atom. The normalized spacial score (nSPS) is 16.9. The zero-order valence-corrected chi connectivity index (χ0v) is 10.6. The van der Waals surface area contributed by atoms with Gasteiger partial charge >= 0.3 is 0 Å². The number of benzene rings is 2. The summed E-state index contributed by atoms with van der Waals surface area (Å²) in [4.78, 5) is 0. The van der Waals surface area contributed by atoms with Gasteiger partial charge in [-0.05, 0) is 41.8 Å². The van der Waals surface area contributed by atoms with Crippen LogP contribution in [0.2, 0.25) is 0 Å². The highest BCUT2D eigenvalue weighted by Crippen LogP contribution is 2.33. The molecular weight excluding hydrogens is 241 g/mol. The van der Waals surface area contributed by atoms with Crippen molar-refractivity contribution in [2.24, 2.45) is 0 Å². The van der Waals surface area contributed by atoms with Crippen LogP contribution in [0.4, 0.5) is 4.39 Å². The van der Waals surface area contributed by atoms with Gasteiger partial charge in [0, 0.05) is 18.5 Å². The summed E-state index contributed by atoms with van der Waals surface area (Å²) in [6.07, 6.45) is 0.851. The van der Waals surface area contributed by atoms with E-state index in [1.807, 2.05) is 18.2 Å². The van der Waals surface area contributed by atoms with E-state index in [0.717, 1.165) is 30.6 Å². The number of hydrogen-bond donors (Lipinski definition) is 2. The van der Waals surface area contributed by atoms with Crippen LogP contribution in [0.25, 0.3) is 0 Å². The molecule has 0 unspecified atom stereocenters. The summed E-state index contributed by atoms with van der Waals surface area (Å²) in [6.45, 7) is 1.72. The number of phenols is 1. The van der Waals surface area contributed by atoms with Crippen LogP contribution in [-0.2, 0) is 11.8 Å². The maximum atomic E-state index is 13.4. The van der Waals surface area contributed by atoms with Gasteiger partial charge < -0.3 is 10.4 Å². The number of rotatable bonds is 3. The van der Waals surface area contributed by atoms with Crippen molar-refractivity contribution in [1.29, 1.82) is 0 Å². The molecule has 2 aromatic rings. The third-order valence-electron chi connectivity index (χ3n) is 3.84. The second kappa shape index (κ2) is 4.67. The van der Waals surface area contributed by atoms with Gasteiger partial charge in [-0.1, -0.05) is 24.3 Å². The van der Waals surface area contributed by atoms with Crippen LogP contribution in [-0.4, -0.2) is 18.2 Å². The first kappa shape index (κ1) is 12.2. The van der Waals surface area contributed by atoms with Gasteiger partial charge in [0.15, 0.2) is 0 Å². The molecule has 0 amide bonds. The van der Waals surface area contributed by atoms with Crippen LogP contribution in [0.3, 0.4) is 0 Å². The predicted molar refractivity (Wildman–Crippen MR) is 72.8 cm³/mol. The van der Waals surface area contributed by atoms with Gasteiger partial charge in [-0.3, -0.25) is 0 Å². The molecule has 3 heteroatoms. The largest absolute Gasteiger partial charge is 0.508 e. The zero-order chi connectivity index (χ0) is 13.3. The van der Waals surface area contributed by atoms with E-state index in [0.29, 0.717) is 0 Å². The van der Waals surface area contributed by atoms with E-state index < -0.39 is 0 Å². The Kier molecular flexibility index (Phi) is 2.99. The smallest absolute Gasteiger partial charge is 0.123 e. The quantitative estimate of drug-likeness (QED) is 0.886. The molecule has 0 saturated carbocycles. The van der Waals surface area contributed by atoms with Crippen molar-refractivity contribution < 1.29 is 9.50 Å². The number of nitrogens with one attached hydrogen (secondary N) is 1. The Labute approximate surface area is 111 Å². The lowest BCUT2D eigenvalue weighted by Crippen LogP contribution is -2.58. The maximum Gasteiger partial charge on any atom is 0.123 e. The van der Waals surface area contributed by atoms with Crippen molar-refractivity contribution in [3.8, 4) is 5.75 Å². The van der Waals surface area contributed by atoms with Crippen molar-refractivity contribution >= 4 is 0 Å². The van der Waals surface area contributed by atoms with E-state index in [-0.39, 0.29) is 17.0 Å². The van der Waals surface area contributed by atoms with Crippen molar-refractivity contribution in [2.75, 3.05) is 13.1 Å². The molecule has 0 radical (unpaired) electrons. The monoisotopic (exact) mass is 257 g/mol. The molecular formula is C16H16FNO. The van der Waals surface area contributed by atoms with Crippen molar-refractivity contribution in [3.63, 3.8) is 0 Å². The highest BCUT2D eigenvalue weighted by Gasteiger charge is 2.38. The highest BCUT2D eigenvalue weighted by molar-refractivity contribution is 5.35. The second-order valence-corrected chi connectivity index (χ2v) is 5.24. The lowest BCUT2D eigenvalue weighted by Gasteiger charge is -2.43. The summed E-state index contributed by atoms with van der Waals surface area (Å²) in [5.74, 6) is 0.0878. The molecule has 1 aliphatic rings. The fourth-order valence-corrected chi connectivity index (χ4v) is 2.68. The number of halogens is 1. The van der Waals surface area contributed by atoms with Gasteiger partial charge in [-0.2, -0.15) is 0 Å². The molecule has 1 heterocycles. The van der Waals surface area contributed by atoms with Crippen molar-refractivity contribution in [2.45, 2.75) is 11.8 Å². The van der Waals surface area contributed by atoms with Gasteiger partial charge in [0.25, 0.3) is 0 Å². The average molecular weight is 257 g/mol. The van der Waals surface area contributed by atoms with E-state index in [1.165, 1.54) is 6.07 Å². The van der Waals surface area contributed by atoms with E-state index in [2.05, 4.69) is 5.32 Å². The topological polar surface area (TPSA) is 32.3 Å². The third-order valence-corrected chi connectivity index (χ3v) is 3.84. The standard InChI is InChI=1S/C16H16FNO/c17-14-3-1-2-13(8-14)16(10-18-11-16)9-12-4-6-15(19)7-5-12/h1-8,18-19H,9-11H2. The molecule has 2 N–H and O–H groups in total. The minimum absolute atomic E-state index is 0.0287. The average Bonchev–Trinajstić information content (AvgIpc) is 2.36. The predicted octanol–water partition coefficient (Wildman–Crippen LogP) is 2.62. The molecule has 2 aromatic carbocycles. The summed E-state index contributed by atoms with van der Waals surface area (Å²) in [7, 11) is 0. The SMILES string of the molecule is Oc1ccc(CC2(c3cccc(F)c3)CNC2)cc1. The minimum atomic E-state index is -0.186. The molecule has 0 aromatic heterocycles. The molecule has 0 aliphatic carbocycles. The molecule has 98 valence electrons. The second-order valence-electron chi connectivity index (χ2n) is 5.24. The first-order valence-electron chi connectivity index (χ1n) is 6.43. The molecule has 0 atom stereocenters. The first-order valence-corrected chi connectivity index (χ1v) is 6.43. The van der Waals surface area contributed by atoms with Gasteiger partial charge in [-0.15, -0.1) is 0 Å². The van der Waals surface area contributed by atoms with Gasteiger partial charge in [0.1, 0.15) is 11.6 Å². The van der Waals surface area contributed by atoms with Gasteiger partial charge in [0.05, 0.1) is 0 Å². The minimum Gasteiger partial charge on any atom is -0.508 e. The van der Waals surface area contributed by atoms with Gasteiger partial charge in [-0.25, -0.2) is 4.39 Å². The van der Waals surface area contributed by atoms with Crippen LogP contribution in [0.1, 0.15) is 11.1 Å². The number of aromatic hydroxyl groups is 1. The highest BCUT2D eigenvalue weighted by atomic mass is 19.1. The fourth-order valence-electron chi connectivity index (χ4n) is 2.68. The van der Waals surface area contributed by atoms with Crippen LogP contribution < -0.4 is 5.32 Å². The first-order chi connectivity index (χ1) is 9.18. The Bertz CT molecular complexity index is 576. The summed E-state index contributed by atoms with van der Waals surface area (Å²) in [6, 6.07) is 14.1.